The van der Waals surface area contributed by atoms with E-state index in [0.29, 0.717) is 26.1 Å². The van der Waals surface area contributed by atoms with Gasteiger partial charge in [-0.15, -0.1) is 11.6 Å². The van der Waals surface area contributed by atoms with Gasteiger partial charge in [0.1, 0.15) is 0 Å². The van der Waals surface area contributed by atoms with Gasteiger partial charge in [0.05, 0.1) is 0 Å². The maximum absolute atomic E-state index is 11.8. The second-order valence-electron chi connectivity index (χ2n) is 4.52. The van der Waals surface area contributed by atoms with Crippen molar-refractivity contribution in [2.75, 3.05) is 25.5 Å². The van der Waals surface area contributed by atoms with E-state index in [-0.39, 0.29) is 36.2 Å². The number of nitrogens with one attached hydrogen (secondary N) is 1. The molecule has 0 aromatic carbocycles. The van der Waals surface area contributed by atoms with Crippen molar-refractivity contribution in [1.82, 2.24) is 15.1 Å². The zero-order chi connectivity index (χ0) is 13.1. The summed E-state index contributed by atoms with van der Waals surface area (Å²) in [5, 5.41) is 2.30. The second-order valence-corrected chi connectivity index (χ2v) is 4.90. The number of hydrogen-bond acceptors (Lipinski definition) is 3. The van der Waals surface area contributed by atoms with Gasteiger partial charge < -0.3 is 9.80 Å². The van der Waals surface area contributed by atoms with Gasteiger partial charge >= 0.3 is 6.03 Å². The van der Waals surface area contributed by atoms with Gasteiger partial charge in [0.15, 0.2) is 0 Å². The molecule has 0 bridgehead atoms. The minimum Gasteiger partial charge on any atom is -0.336 e. The molecular weight excluding hydrogens is 258 g/mol. The largest absolute Gasteiger partial charge is 0.336 e. The van der Waals surface area contributed by atoms with E-state index < -0.39 is 0 Å². The molecule has 7 heteroatoms. The van der Waals surface area contributed by atoms with E-state index in [0.717, 1.165) is 6.42 Å². The monoisotopic (exact) mass is 273 g/mol. The molecule has 100 valence electrons. The fraction of sp³-hybridized carbons (Fsp3) is 0.727. The molecular formula is C11H16ClN3O3. The lowest BCUT2D eigenvalue weighted by Gasteiger charge is -2.37. The Balaban J connectivity index is 1.86. The molecule has 1 atom stereocenters. The van der Waals surface area contributed by atoms with E-state index in [1.807, 2.05) is 4.90 Å². The summed E-state index contributed by atoms with van der Waals surface area (Å²) >= 11 is 5.42. The van der Waals surface area contributed by atoms with Crippen molar-refractivity contribution in [3.8, 4) is 0 Å². The Morgan fingerprint density at radius 1 is 1.39 bits per heavy atom. The molecule has 0 aromatic rings. The van der Waals surface area contributed by atoms with Crippen LogP contribution in [0.2, 0.25) is 0 Å². The van der Waals surface area contributed by atoms with Crippen molar-refractivity contribution in [1.29, 1.82) is 0 Å². The molecule has 2 aliphatic heterocycles. The van der Waals surface area contributed by atoms with E-state index in [2.05, 4.69) is 5.32 Å². The number of imide groups is 1. The van der Waals surface area contributed by atoms with Crippen molar-refractivity contribution >= 4 is 29.4 Å². The maximum Gasteiger partial charge on any atom is 0.324 e. The van der Waals surface area contributed by atoms with Crippen molar-refractivity contribution in [3.05, 3.63) is 0 Å². The summed E-state index contributed by atoms with van der Waals surface area (Å²) in [5.41, 5.74) is 0. The molecule has 2 aliphatic rings. The predicted molar refractivity (Wildman–Crippen MR) is 65.2 cm³/mol. The zero-order valence-corrected chi connectivity index (χ0v) is 10.8. The van der Waals surface area contributed by atoms with Crippen molar-refractivity contribution in [3.63, 3.8) is 0 Å². The molecule has 18 heavy (non-hydrogen) atoms. The standard InChI is InChI=1S/C11H16ClN3O3/c12-4-3-9(16)13-11(18)14-5-6-15-8(7-14)1-2-10(15)17/h8H,1-7H2,(H,13,16,18). The Hall–Kier alpha value is -1.30. The maximum atomic E-state index is 11.8. The van der Waals surface area contributed by atoms with Crippen LogP contribution in [-0.4, -0.2) is 59.2 Å². The second kappa shape index (κ2) is 5.56. The van der Waals surface area contributed by atoms with Crippen LogP contribution in [0.4, 0.5) is 4.79 Å². The summed E-state index contributed by atoms with van der Waals surface area (Å²) in [6.45, 7) is 1.54. The fourth-order valence-corrected chi connectivity index (χ4v) is 2.57. The van der Waals surface area contributed by atoms with Crippen molar-refractivity contribution in [2.45, 2.75) is 25.3 Å². The number of fused-ring (bicyclic) bond motifs is 1. The molecule has 0 radical (unpaired) electrons. The number of alkyl halides is 1. The predicted octanol–water partition coefficient (Wildman–Crippen LogP) is 0.158. The van der Waals surface area contributed by atoms with Crippen LogP contribution in [0.5, 0.6) is 0 Å². The lowest BCUT2D eigenvalue weighted by molar-refractivity contribution is -0.130. The summed E-state index contributed by atoms with van der Waals surface area (Å²) in [6, 6.07) is -0.274. The molecule has 2 heterocycles. The van der Waals surface area contributed by atoms with Gasteiger partial charge in [-0.25, -0.2) is 4.79 Å². The highest BCUT2D eigenvalue weighted by atomic mass is 35.5. The Morgan fingerprint density at radius 3 is 2.89 bits per heavy atom. The summed E-state index contributed by atoms with van der Waals surface area (Å²) in [7, 11) is 0. The molecule has 1 N–H and O–H groups in total. The molecule has 4 amide bonds. The molecule has 0 aromatic heterocycles. The summed E-state index contributed by atoms with van der Waals surface area (Å²) in [5.74, 6) is 0.00232. The minimum absolute atomic E-state index is 0.111. The highest BCUT2D eigenvalue weighted by molar-refractivity contribution is 6.19. The molecule has 0 spiro atoms. The number of carbonyl (C=O) groups is 3. The smallest absolute Gasteiger partial charge is 0.324 e. The van der Waals surface area contributed by atoms with Gasteiger partial charge in [-0.1, -0.05) is 0 Å². The number of halogens is 1. The van der Waals surface area contributed by atoms with Crippen molar-refractivity contribution in [2.24, 2.45) is 0 Å². The summed E-state index contributed by atoms with van der Waals surface area (Å²) in [4.78, 5) is 38.0. The van der Waals surface area contributed by atoms with E-state index in [1.165, 1.54) is 0 Å². The highest BCUT2D eigenvalue weighted by Crippen LogP contribution is 2.22. The van der Waals surface area contributed by atoms with Crippen LogP contribution in [0.1, 0.15) is 19.3 Å². The zero-order valence-electron chi connectivity index (χ0n) is 10.0. The quantitative estimate of drug-likeness (QED) is 0.729. The van der Waals surface area contributed by atoms with Gasteiger partial charge in [0.25, 0.3) is 0 Å². The third kappa shape index (κ3) is 2.75. The number of hydrogen-bond donors (Lipinski definition) is 1. The van der Waals surface area contributed by atoms with Crippen LogP contribution >= 0.6 is 11.6 Å². The first kappa shape index (κ1) is 13.1. The molecule has 2 fully saturated rings. The molecule has 0 aliphatic carbocycles. The van der Waals surface area contributed by atoms with E-state index in [9.17, 15) is 14.4 Å². The molecule has 1 unspecified atom stereocenters. The summed E-state index contributed by atoms with van der Waals surface area (Å²) < 4.78 is 0. The van der Waals surface area contributed by atoms with Crippen LogP contribution < -0.4 is 5.32 Å². The lowest BCUT2D eigenvalue weighted by Crippen LogP contribution is -2.56. The van der Waals surface area contributed by atoms with Crippen molar-refractivity contribution < 1.29 is 14.4 Å². The van der Waals surface area contributed by atoms with E-state index in [4.69, 9.17) is 11.6 Å². The third-order valence-corrected chi connectivity index (χ3v) is 3.54. The van der Waals surface area contributed by atoms with Crippen LogP contribution in [0.3, 0.4) is 0 Å². The van der Waals surface area contributed by atoms with E-state index in [1.54, 1.807) is 4.90 Å². The Kier molecular flexibility index (Phi) is 4.06. The Morgan fingerprint density at radius 2 is 2.17 bits per heavy atom. The van der Waals surface area contributed by atoms with Crippen LogP contribution in [-0.2, 0) is 9.59 Å². The number of amides is 4. The average Bonchev–Trinajstić information content (AvgIpc) is 2.71. The number of piperazine rings is 1. The molecule has 2 rings (SSSR count). The SMILES string of the molecule is O=C(CCCl)NC(=O)N1CCN2C(=O)CCC2C1. The average molecular weight is 274 g/mol. The first-order valence-corrected chi connectivity index (χ1v) is 6.59. The third-order valence-electron chi connectivity index (χ3n) is 3.35. The van der Waals surface area contributed by atoms with Crippen LogP contribution in [0.25, 0.3) is 0 Å². The highest BCUT2D eigenvalue weighted by Gasteiger charge is 2.37. The minimum atomic E-state index is -0.385. The van der Waals surface area contributed by atoms with Gasteiger partial charge in [-0.2, -0.15) is 0 Å². The van der Waals surface area contributed by atoms with Crippen LogP contribution in [0, 0.1) is 0 Å². The van der Waals surface area contributed by atoms with Crippen LogP contribution in [0.15, 0.2) is 0 Å². The lowest BCUT2D eigenvalue weighted by atomic mass is 10.2. The Bertz CT molecular complexity index is 375. The number of nitrogens with zero attached hydrogens (tertiary/aromatic N) is 2. The van der Waals surface area contributed by atoms with Gasteiger partial charge in [0, 0.05) is 44.4 Å². The van der Waals surface area contributed by atoms with Gasteiger partial charge in [-0.3, -0.25) is 14.9 Å². The van der Waals surface area contributed by atoms with E-state index >= 15 is 0 Å². The normalized spacial score (nSPS) is 22.9. The molecule has 2 saturated heterocycles. The van der Waals surface area contributed by atoms with Gasteiger partial charge in [0.2, 0.25) is 11.8 Å². The Labute approximate surface area is 110 Å². The fourth-order valence-electron chi connectivity index (χ4n) is 2.40. The topological polar surface area (TPSA) is 69.7 Å². The summed E-state index contributed by atoms with van der Waals surface area (Å²) in [6.07, 6.45) is 1.48. The number of carbonyl (C=O) groups excluding carboxylic acids is 3. The number of rotatable bonds is 2. The number of urea groups is 1. The van der Waals surface area contributed by atoms with Gasteiger partial charge in [-0.05, 0) is 6.42 Å². The molecule has 0 saturated carbocycles. The first-order valence-electron chi connectivity index (χ1n) is 6.06. The first-order chi connectivity index (χ1) is 8.61. The molecule has 6 nitrogen and oxygen atoms in total.